The van der Waals surface area contributed by atoms with Gasteiger partial charge in [-0.05, 0) is 24.1 Å². The highest BCUT2D eigenvalue weighted by Gasteiger charge is 2.11. The zero-order valence-electron chi connectivity index (χ0n) is 10.3. The molecule has 2 N–H and O–H groups in total. The van der Waals surface area contributed by atoms with Crippen molar-refractivity contribution in [2.45, 2.75) is 13.0 Å². The lowest BCUT2D eigenvalue weighted by molar-refractivity contribution is 0.876. The van der Waals surface area contributed by atoms with E-state index >= 15 is 0 Å². The summed E-state index contributed by atoms with van der Waals surface area (Å²) in [5.41, 5.74) is 1.80. The summed E-state index contributed by atoms with van der Waals surface area (Å²) in [5, 5.41) is 11.1. The minimum absolute atomic E-state index is 0.116. The van der Waals surface area contributed by atoms with Gasteiger partial charge in [0.05, 0.1) is 11.6 Å². The summed E-state index contributed by atoms with van der Waals surface area (Å²) in [4.78, 5) is 8.29. The van der Waals surface area contributed by atoms with Crippen molar-refractivity contribution in [1.82, 2.24) is 20.2 Å². The number of benzene rings is 1. The number of anilines is 1. The molecule has 0 radical (unpaired) electrons. The minimum atomic E-state index is 0.116. The van der Waals surface area contributed by atoms with E-state index in [4.69, 9.17) is 11.6 Å². The molecule has 0 fully saturated rings. The molecule has 5 nitrogen and oxygen atoms in total. The SMILES string of the molecule is CC(Nc1nc(Cl)nc2[nH]ncc12)c1ccccc1. The number of aromatic amines is 1. The molecule has 2 heterocycles. The van der Waals surface area contributed by atoms with Crippen molar-refractivity contribution < 1.29 is 0 Å². The van der Waals surface area contributed by atoms with Gasteiger partial charge in [-0.25, -0.2) is 0 Å². The molecular weight excluding hydrogens is 262 g/mol. The van der Waals surface area contributed by atoms with Crippen molar-refractivity contribution in [3.05, 3.63) is 47.4 Å². The third kappa shape index (κ3) is 2.37. The van der Waals surface area contributed by atoms with Crippen molar-refractivity contribution in [1.29, 1.82) is 0 Å². The predicted octanol–water partition coefficient (Wildman–Crippen LogP) is 3.18. The lowest BCUT2D eigenvalue weighted by atomic mass is 10.1. The lowest BCUT2D eigenvalue weighted by Gasteiger charge is -2.15. The van der Waals surface area contributed by atoms with Crippen LogP contribution in [0.25, 0.3) is 11.0 Å². The number of nitrogens with one attached hydrogen (secondary N) is 2. The Bertz CT molecular complexity index is 695. The van der Waals surface area contributed by atoms with Crippen molar-refractivity contribution in [2.75, 3.05) is 5.32 Å². The summed E-state index contributed by atoms with van der Waals surface area (Å²) in [7, 11) is 0. The van der Waals surface area contributed by atoms with Gasteiger partial charge in [-0.15, -0.1) is 0 Å². The third-order valence-electron chi connectivity index (χ3n) is 2.94. The highest BCUT2D eigenvalue weighted by molar-refractivity contribution is 6.28. The molecule has 0 spiro atoms. The lowest BCUT2D eigenvalue weighted by Crippen LogP contribution is -2.08. The smallest absolute Gasteiger partial charge is 0.226 e. The number of nitrogens with zero attached hydrogens (tertiary/aromatic N) is 3. The first-order chi connectivity index (χ1) is 9.24. The Labute approximate surface area is 115 Å². The molecule has 0 aliphatic heterocycles. The van der Waals surface area contributed by atoms with Gasteiger partial charge in [0.2, 0.25) is 5.28 Å². The Hall–Kier alpha value is -2.14. The largest absolute Gasteiger partial charge is 0.363 e. The van der Waals surface area contributed by atoms with Crippen molar-refractivity contribution >= 4 is 28.5 Å². The first-order valence-electron chi connectivity index (χ1n) is 5.92. The van der Waals surface area contributed by atoms with Crippen LogP contribution in [0.4, 0.5) is 5.82 Å². The zero-order chi connectivity index (χ0) is 13.2. The van der Waals surface area contributed by atoms with E-state index in [1.807, 2.05) is 18.2 Å². The van der Waals surface area contributed by atoms with Gasteiger partial charge < -0.3 is 5.32 Å². The molecule has 0 saturated heterocycles. The first-order valence-corrected chi connectivity index (χ1v) is 6.30. The zero-order valence-corrected chi connectivity index (χ0v) is 11.0. The Morgan fingerprint density at radius 2 is 2.00 bits per heavy atom. The summed E-state index contributed by atoms with van der Waals surface area (Å²) in [6, 6.07) is 10.2. The van der Waals surface area contributed by atoms with E-state index in [9.17, 15) is 0 Å². The summed E-state index contributed by atoms with van der Waals surface area (Å²) < 4.78 is 0. The van der Waals surface area contributed by atoms with Crippen molar-refractivity contribution in [3.63, 3.8) is 0 Å². The standard InChI is InChI=1S/C13H12ClN5/c1-8(9-5-3-2-4-6-9)16-11-10-7-15-19-12(10)18-13(14)17-11/h2-8H,1H3,(H2,15,16,17,18,19). The number of rotatable bonds is 3. The molecule has 96 valence electrons. The summed E-state index contributed by atoms with van der Waals surface area (Å²) in [5.74, 6) is 0.681. The van der Waals surface area contributed by atoms with Gasteiger partial charge in [-0.3, -0.25) is 5.10 Å². The van der Waals surface area contributed by atoms with E-state index in [1.54, 1.807) is 6.20 Å². The van der Waals surface area contributed by atoms with Crippen LogP contribution in [0.5, 0.6) is 0 Å². The second-order valence-corrected chi connectivity index (χ2v) is 4.59. The van der Waals surface area contributed by atoms with Crippen LogP contribution in [0.15, 0.2) is 36.5 Å². The molecule has 1 atom stereocenters. The molecule has 3 rings (SSSR count). The number of aromatic nitrogens is 4. The quantitative estimate of drug-likeness (QED) is 0.719. The number of fused-ring (bicyclic) bond motifs is 1. The second-order valence-electron chi connectivity index (χ2n) is 4.25. The first kappa shape index (κ1) is 11.9. The van der Waals surface area contributed by atoms with E-state index < -0.39 is 0 Å². The molecule has 2 aromatic heterocycles. The number of hydrogen-bond acceptors (Lipinski definition) is 4. The molecule has 0 amide bonds. The van der Waals surface area contributed by atoms with Crippen LogP contribution in [0.3, 0.4) is 0 Å². The Morgan fingerprint density at radius 3 is 2.79 bits per heavy atom. The highest BCUT2D eigenvalue weighted by Crippen LogP contribution is 2.24. The van der Waals surface area contributed by atoms with Gasteiger partial charge in [-0.2, -0.15) is 15.1 Å². The summed E-state index contributed by atoms with van der Waals surface area (Å²) in [6.45, 7) is 2.07. The average Bonchev–Trinajstić information content (AvgIpc) is 2.88. The summed E-state index contributed by atoms with van der Waals surface area (Å²) >= 11 is 5.90. The van der Waals surface area contributed by atoms with Crippen LogP contribution in [0.1, 0.15) is 18.5 Å². The average molecular weight is 274 g/mol. The van der Waals surface area contributed by atoms with Gasteiger partial charge in [0.25, 0.3) is 0 Å². The molecule has 0 aliphatic rings. The maximum atomic E-state index is 5.90. The van der Waals surface area contributed by atoms with Gasteiger partial charge in [0.1, 0.15) is 5.82 Å². The fourth-order valence-electron chi connectivity index (χ4n) is 1.95. The number of H-pyrrole nitrogens is 1. The molecule has 0 bridgehead atoms. The molecule has 1 aromatic carbocycles. The van der Waals surface area contributed by atoms with Gasteiger partial charge in [-0.1, -0.05) is 30.3 Å². The Balaban J connectivity index is 1.95. The monoisotopic (exact) mass is 273 g/mol. The van der Waals surface area contributed by atoms with E-state index in [-0.39, 0.29) is 11.3 Å². The van der Waals surface area contributed by atoms with Gasteiger partial charge in [0, 0.05) is 6.04 Å². The molecular formula is C13H12ClN5. The van der Waals surface area contributed by atoms with Gasteiger partial charge in [0.15, 0.2) is 5.65 Å². The van der Waals surface area contributed by atoms with E-state index in [2.05, 4.69) is 44.5 Å². The van der Waals surface area contributed by atoms with Crippen LogP contribution in [-0.4, -0.2) is 20.2 Å². The van der Waals surface area contributed by atoms with Crippen LogP contribution in [-0.2, 0) is 0 Å². The van der Waals surface area contributed by atoms with Crippen LogP contribution in [0, 0.1) is 0 Å². The van der Waals surface area contributed by atoms with Crippen LogP contribution >= 0.6 is 11.6 Å². The number of halogens is 1. The van der Waals surface area contributed by atoms with E-state index in [0.717, 1.165) is 5.39 Å². The van der Waals surface area contributed by atoms with Crippen molar-refractivity contribution in [3.8, 4) is 0 Å². The normalized spacial score (nSPS) is 12.5. The highest BCUT2D eigenvalue weighted by atomic mass is 35.5. The molecule has 6 heteroatoms. The number of hydrogen-bond donors (Lipinski definition) is 2. The minimum Gasteiger partial charge on any atom is -0.363 e. The fourth-order valence-corrected chi connectivity index (χ4v) is 2.12. The Morgan fingerprint density at radius 1 is 1.21 bits per heavy atom. The predicted molar refractivity (Wildman–Crippen MR) is 75.2 cm³/mol. The topological polar surface area (TPSA) is 66.5 Å². The Kier molecular flexibility index (Phi) is 3.05. The van der Waals surface area contributed by atoms with Crippen molar-refractivity contribution in [2.24, 2.45) is 0 Å². The third-order valence-corrected chi connectivity index (χ3v) is 3.10. The van der Waals surface area contributed by atoms with Crippen LogP contribution < -0.4 is 5.32 Å². The molecule has 19 heavy (non-hydrogen) atoms. The molecule has 0 aliphatic carbocycles. The maximum absolute atomic E-state index is 5.90. The fraction of sp³-hybridized carbons (Fsp3) is 0.154. The van der Waals surface area contributed by atoms with Crippen LogP contribution in [0.2, 0.25) is 5.28 Å². The van der Waals surface area contributed by atoms with E-state index in [1.165, 1.54) is 5.56 Å². The maximum Gasteiger partial charge on any atom is 0.226 e. The molecule has 0 saturated carbocycles. The van der Waals surface area contributed by atoms with Gasteiger partial charge >= 0.3 is 0 Å². The van der Waals surface area contributed by atoms with E-state index in [0.29, 0.717) is 11.5 Å². The molecule has 3 aromatic rings. The molecule has 1 unspecified atom stereocenters. The summed E-state index contributed by atoms with van der Waals surface area (Å²) in [6.07, 6.45) is 1.69. The second kappa shape index (κ2) is 4.85.